The number of nitro groups is 1. The van der Waals surface area contributed by atoms with E-state index in [1.54, 1.807) is 30.3 Å². The normalized spacial score (nSPS) is 16.3. The number of thioether (sulfide) groups is 1. The zero-order valence-corrected chi connectivity index (χ0v) is 17.0. The fraction of sp³-hybridized carbons (Fsp3) is 0.0909. The highest BCUT2D eigenvalue weighted by Gasteiger charge is 2.24. The molecule has 0 aliphatic carbocycles. The Hall–Kier alpha value is -3.65. The average molecular weight is 419 g/mol. The lowest BCUT2D eigenvalue weighted by Crippen LogP contribution is -2.19. The number of benzene rings is 2. The van der Waals surface area contributed by atoms with E-state index in [-0.39, 0.29) is 11.6 Å². The molecule has 4 rings (SSSR count). The first-order valence-electron chi connectivity index (χ1n) is 9.11. The van der Waals surface area contributed by atoms with Gasteiger partial charge in [-0.2, -0.15) is 0 Å². The lowest BCUT2D eigenvalue weighted by molar-refractivity contribution is -0.384. The minimum Gasteiger partial charge on any atom is -0.457 e. The van der Waals surface area contributed by atoms with Crippen LogP contribution in [0.25, 0.3) is 17.4 Å². The number of nitro benzene ring substituents is 1. The number of hydrogen-bond donors (Lipinski definition) is 1. The van der Waals surface area contributed by atoms with Crippen LogP contribution in [0.3, 0.4) is 0 Å². The van der Waals surface area contributed by atoms with Crippen molar-refractivity contribution < 1.29 is 14.1 Å². The molecule has 1 aliphatic heterocycles. The molecule has 0 radical (unpaired) electrons. The Labute approximate surface area is 176 Å². The molecule has 3 aromatic rings. The number of aryl methyl sites for hydroxylation is 1. The number of non-ortho nitro benzene ring substituents is 1. The monoisotopic (exact) mass is 419 g/mol. The molecule has 0 saturated carbocycles. The Morgan fingerprint density at radius 2 is 1.87 bits per heavy atom. The van der Waals surface area contributed by atoms with Crippen LogP contribution in [0.4, 0.5) is 11.4 Å². The van der Waals surface area contributed by atoms with Gasteiger partial charge in [-0.05, 0) is 67.1 Å². The first-order chi connectivity index (χ1) is 14.4. The van der Waals surface area contributed by atoms with Crippen molar-refractivity contribution >= 4 is 40.3 Å². The van der Waals surface area contributed by atoms with Gasteiger partial charge >= 0.3 is 0 Å². The number of rotatable bonds is 4. The predicted octanol–water partition coefficient (Wildman–Crippen LogP) is 5.36. The topological polar surface area (TPSA) is 97.7 Å². The van der Waals surface area contributed by atoms with E-state index in [2.05, 4.69) is 10.3 Å². The van der Waals surface area contributed by atoms with Gasteiger partial charge in [0.25, 0.3) is 11.6 Å². The van der Waals surface area contributed by atoms with E-state index in [1.165, 1.54) is 23.9 Å². The summed E-state index contributed by atoms with van der Waals surface area (Å²) in [5.74, 6) is 0.829. The molecule has 0 unspecified atom stereocenters. The molecule has 150 valence electrons. The van der Waals surface area contributed by atoms with Gasteiger partial charge in [-0.15, -0.1) is 0 Å². The van der Waals surface area contributed by atoms with E-state index in [4.69, 9.17) is 4.42 Å². The number of amidine groups is 1. The van der Waals surface area contributed by atoms with Crippen molar-refractivity contribution in [3.8, 4) is 11.3 Å². The smallest absolute Gasteiger partial charge is 0.269 e. The van der Waals surface area contributed by atoms with Gasteiger partial charge in [0.2, 0.25) is 0 Å². The van der Waals surface area contributed by atoms with E-state index in [1.807, 2.05) is 32.0 Å². The van der Waals surface area contributed by atoms with Gasteiger partial charge in [-0.3, -0.25) is 14.9 Å². The number of aliphatic imine (C=N–C) groups is 1. The summed E-state index contributed by atoms with van der Waals surface area (Å²) in [5, 5.41) is 14.1. The minimum atomic E-state index is -0.449. The van der Waals surface area contributed by atoms with Crippen molar-refractivity contribution in [1.29, 1.82) is 0 Å². The number of carbonyl (C=O) groups is 1. The maximum absolute atomic E-state index is 12.3. The van der Waals surface area contributed by atoms with Crippen molar-refractivity contribution in [2.75, 3.05) is 0 Å². The molecule has 30 heavy (non-hydrogen) atoms. The van der Waals surface area contributed by atoms with Gasteiger partial charge in [0, 0.05) is 23.8 Å². The molecule has 2 aromatic carbocycles. The second-order valence-electron chi connectivity index (χ2n) is 6.71. The summed E-state index contributed by atoms with van der Waals surface area (Å²) in [4.78, 5) is 27.7. The summed E-state index contributed by atoms with van der Waals surface area (Å²) in [5.41, 5.74) is 3.75. The fourth-order valence-electron chi connectivity index (χ4n) is 2.91. The van der Waals surface area contributed by atoms with Crippen LogP contribution in [0, 0.1) is 24.0 Å². The highest BCUT2D eigenvalue weighted by atomic mass is 32.2. The molecular weight excluding hydrogens is 402 g/mol. The molecule has 1 fully saturated rings. The molecule has 2 heterocycles. The van der Waals surface area contributed by atoms with Crippen LogP contribution in [-0.2, 0) is 4.79 Å². The van der Waals surface area contributed by atoms with Crippen LogP contribution in [0.1, 0.15) is 16.9 Å². The summed E-state index contributed by atoms with van der Waals surface area (Å²) in [6.45, 7) is 4.01. The summed E-state index contributed by atoms with van der Waals surface area (Å²) < 4.78 is 5.79. The van der Waals surface area contributed by atoms with Crippen LogP contribution >= 0.6 is 11.8 Å². The molecule has 1 aliphatic rings. The fourth-order valence-corrected chi connectivity index (χ4v) is 3.72. The van der Waals surface area contributed by atoms with Crippen LogP contribution < -0.4 is 5.32 Å². The third-order valence-electron chi connectivity index (χ3n) is 4.71. The number of hydrogen-bond acceptors (Lipinski definition) is 6. The van der Waals surface area contributed by atoms with E-state index >= 15 is 0 Å². The summed E-state index contributed by atoms with van der Waals surface area (Å²) in [7, 11) is 0. The van der Waals surface area contributed by atoms with Gasteiger partial charge < -0.3 is 9.73 Å². The minimum absolute atomic E-state index is 0.0161. The maximum Gasteiger partial charge on any atom is 0.269 e. The van der Waals surface area contributed by atoms with E-state index in [0.29, 0.717) is 27.2 Å². The van der Waals surface area contributed by atoms with Crippen molar-refractivity contribution in [2.24, 2.45) is 4.99 Å². The van der Waals surface area contributed by atoms with Crippen molar-refractivity contribution in [1.82, 2.24) is 5.32 Å². The quantitative estimate of drug-likeness (QED) is 0.349. The average Bonchev–Trinajstić information content (AvgIpc) is 3.32. The molecule has 0 spiro atoms. The second kappa shape index (κ2) is 8.00. The van der Waals surface area contributed by atoms with Gasteiger partial charge in [0.05, 0.1) is 15.5 Å². The number of nitrogens with zero attached hydrogens (tertiary/aromatic N) is 2. The Morgan fingerprint density at radius 3 is 2.60 bits per heavy atom. The molecule has 7 nitrogen and oxygen atoms in total. The number of furan rings is 1. The predicted molar refractivity (Wildman–Crippen MR) is 118 cm³/mol. The summed E-state index contributed by atoms with van der Waals surface area (Å²) in [6, 6.07) is 15.5. The van der Waals surface area contributed by atoms with Gasteiger partial charge in [-0.1, -0.05) is 12.1 Å². The lowest BCUT2D eigenvalue weighted by atomic mass is 10.1. The van der Waals surface area contributed by atoms with Gasteiger partial charge in [0.15, 0.2) is 5.17 Å². The number of nitrogens with one attached hydrogen (secondary N) is 1. The first-order valence-corrected chi connectivity index (χ1v) is 9.93. The van der Waals surface area contributed by atoms with Crippen LogP contribution in [-0.4, -0.2) is 16.0 Å². The van der Waals surface area contributed by atoms with E-state index in [9.17, 15) is 14.9 Å². The van der Waals surface area contributed by atoms with Crippen LogP contribution in [0.5, 0.6) is 0 Å². The third kappa shape index (κ3) is 4.04. The molecule has 8 heteroatoms. The largest absolute Gasteiger partial charge is 0.457 e. The Bertz CT molecular complexity index is 1210. The molecule has 1 aromatic heterocycles. The maximum atomic E-state index is 12.3. The number of amides is 1. The Balaban J connectivity index is 1.54. The highest BCUT2D eigenvalue weighted by Crippen LogP contribution is 2.31. The zero-order chi connectivity index (χ0) is 21.3. The second-order valence-corrected chi connectivity index (χ2v) is 7.74. The standard InChI is InChI=1S/C22H17N3O4S/c1-13-4-3-5-18(14(13)2)23-22-24-21(26)20(30-22)12-17-10-11-19(29-17)15-6-8-16(9-7-15)25(27)28/h3-12H,1-2H3,(H,23,24,26)/b20-12+. The molecule has 0 atom stereocenters. The third-order valence-corrected chi connectivity index (χ3v) is 5.62. The zero-order valence-electron chi connectivity index (χ0n) is 16.2. The molecule has 1 saturated heterocycles. The summed E-state index contributed by atoms with van der Waals surface area (Å²) >= 11 is 1.25. The van der Waals surface area contributed by atoms with Crippen LogP contribution in [0.15, 0.2) is 68.9 Å². The van der Waals surface area contributed by atoms with Gasteiger partial charge in [-0.25, -0.2) is 4.99 Å². The Morgan fingerprint density at radius 1 is 1.10 bits per heavy atom. The first kappa shape index (κ1) is 19.7. The highest BCUT2D eigenvalue weighted by molar-refractivity contribution is 8.18. The summed E-state index contributed by atoms with van der Waals surface area (Å²) in [6.07, 6.45) is 1.65. The molecular formula is C22H17N3O4S. The molecule has 1 amide bonds. The molecule has 1 N–H and O–H groups in total. The van der Waals surface area contributed by atoms with Crippen molar-refractivity contribution in [2.45, 2.75) is 13.8 Å². The number of carbonyl (C=O) groups excluding carboxylic acids is 1. The van der Waals surface area contributed by atoms with E-state index < -0.39 is 4.92 Å². The van der Waals surface area contributed by atoms with Crippen molar-refractivity contribution in [3.05, 3.63) is 86.5 Å². The van der Waals surface area contributed by atoms with Crippen molar-refractivity contribution in [3.63, 3.8) is 0 Å². The van der Waals surface area contributed by atoms with Gasteiger partial charge in [0.1, 0.15) is 11.5 Å². The van der Waals surface area contributed by atoms with E-state index in [0.717, 1.165) is 16.8 Å². The Kier molecular flexibility index (Phi) is 5.24. The lowest BCUT2D eigenvalue weighted by Gasteiger charge is -2.04. The molecule has 0 bridgehead atoms. The SMILES string of the molecule is Cc1cccc(N=C2NC(=O)/C(=C\c3ccc(-c4ccc([N+](=O)[O-])cc4)o3)S2)c1C. The van der Waals surface area contributed by atoms with Crippen LogP contribution in [0.2, 0.25) is 0 Å².